The Labute approximate surface area is 200 Å². The van der Waals surface area contributed by atoms with Crippen molar-refractivity contribution < 1.29 is 23.8 Å². The number of allylic oxidation sites excluding steroid dienone is 1. The number of fused-ring (bicyclic) bond motifs is 1. The van der Waals surface area contributed by atoms with E-state index >= 15 is 0 Å². The van der Waals surface area contributed by atoms with Gasteiger partial charge in [0.15, 0.2) is 0 Å². The second-order valence-corrected chi connectivity index (χ2v) is 7.85. The van der Waals surface area contributed by atoms with Gasteiger partial charge in [0, 0.05) is 18.4 Å². The maximum atomic E-state index is 13.0. The van der Waals surface area contributed by atoms with Gasteiger partial charge >= 0.3 is 5.97 Å². The lowest BCUT2D eigenvalue weighted by atomic mass is 10.1. The summed E-state index contributed by atoms with van der Waals surface area (Å²) in [7, 11) is 3.01. The minimum absolute atomic E-state index is 0.152. The molecule has 178 valence electrons. The normalized spacial score (nSPS) is 11.2. The third-order valence-corrected chi connectivity index (χ3v) is 5.49. The number of unbranched alkanes of at least 4 members (excludes halogenated alkanes) is 2. The van der Waals surface area contributed by atoms with Gasteiger partial charge in [0.25, 0.3) is 5.91 Å². The molecule has 0 fully saturated rings. The molecule has 0 unspecified atom stereocenters. The first-order chi connectivity index (χ1) is 16.6. The van der Waals surface area contributed by atoms with Crippen LogP contribution in [0.3, 0.4) is 0 Å². The fraction of sp³-hybridized carbons (Fsp3) is 0.286. The lowest BCUT2D eigenvalue weighted by Crippen LogP contribution is -2.27. The third-order valence-electron chi connectivity index (χ3n) is 5.49. The molecule has 0 saturated heterocycles. The number of amides is 1. The molecule has 0 aliphatic heterocycles. The first kappa shape index (κ1) is 24.8. The molecule has 3 aromatic rings. The maximum Gasteiger partial charge on any atom is 0.305 e. The standard InChI is InChI=1S/C28H31NO5/c1-32-24-17-15-21(16-18-24)19-29-28(31)23(10-4-3-5-14-27(30)33-2)20-34-26-13-8-11-22-9-6-7-12-25(22)26/h6-13,15-18H,3-5,14,19-20H2,1-2H3,(H,29,31). The topological polar surface area (TPSA) is 73.9 Å². The number of methoxy groups -OCH3 is 2. The zero-order chi connectivity index (χ0) is 24.2. The second-order valence-electron chi connectivity index (χ2n) is 7.85. The molecule has 6 heteroatoms. The van der Waals surface area contributed by atoms with Crippen LogP contribution in [0.2, 0.25) is 0 Å². The van der Waals surface area contributed by atoms with Crippen LogP contribution in [-0.4, -0.2) is 32.7 Å². The average Bonchev–Trinajstić information content (AvgIpc) is 2.88. The molecule has 0 spiro atoms. The minimum atomic E-state index is -0.222. The minimum Gasteiger partial charge on any atom is -0.497 e. The Kier molecular flexibility index (Phi) is 9.52. The van der Waals surface area contributed by atoms with Crippen LogP contribution < -0.4 is 14.8 Å². The predicted molar refractivity (Wildman–Crippen MR) is 133 cm³/mol. The van der Waals surface area contributed by atoms with Crippen LogP contribution in [0, 0.1) is 0 Å². The van der Waals surface area contributed by atoms with Gasteiger partial charge in [-0.2, -0.15) is 0 Å². The van der Waals surface area contributed by atoms with Crippen LogP contribution in [0.1, 0.15) is 31.2 Å². The van der Waals surface area contributed by atoms with Crippen molar-refractivity contribution in [2.45, 2.75) is 32.2 Å². The van der Waals surface area contributed by atoms with E-state index < -0.39 is 0 Å². The van der Waals surface area contributed by atoms with E-state index in [1.165, 1.54) is 7.11 Å². The number of hydrogen-bond donors (Lipinski definition) is 1. The van der Waals surface area contributed by atoms with Gasteiger partial charge in [-0.05, 0) is 48.4 Å². The van der Waals surface area contributed by atoms with E-state index in [0.29, 0.717) is 31.4 Å². The molecule has 1 amide bonds. The Hall–Kier alpha value is -3.80. The smallest absolute Gasteiger partial charge is 0.305 e. The van der Waals surface area contributed by atoms with Crippen molar-refractivity contribution in [2.24, 2.45) is 0 Å². The molecule has 34 heavy (non-hydrogen) atoms. The lowest BCUT2D eigenvalue weighted by Gasteiger charge is -2.13. The van der Waals surface area contributed by atoms with Crippen LogP contribution in [-0.2, 0) is 20.9 Å². The molecule has 3 rings (SSSR count). The quantitative estimate of drug-likeness (QED) is 0.228. The Morgan fingerprint density at radius 2 is 1.68 bits per heavy atom. The maximum absolute atomic E-state index is 13.0. The first-order valence-electron chi connectivity index (χ1n) is 11.4. The number of nitrogens with one attached hydrogen (secondary N) is 1. The summed E-state index contributed by atoms with van der Waals surface area (Å²) >= 11 is 0. The van der Waals surface area contributed by atoms with Gasteiger partial charge in [-0.1, -0.05) is 54.6 Å². The Morgan fingerprint density at radius 1 is 0.912 bits per heavy atom. The van der Waals surface area contributed by atoms with Gasteiger partial charge in [-0.15, -0.1) is 0 Å². The summed E-state index contributed by atoms with van der Waals surface area (Å²) in [6.45, 7) is 0.552. The molecular weight excluding hydrogens is 430 g/mol. The van der Waals surface area contributed by atoms with Crippen molar-refractivity contribution in [3.63, 3.8) is 0 Å². The zero-order valence-electron chi connectivity index (χ0n) is 19.7. The summed E-state index contributed by atoms with van der Waals surface area (Å²) in [5.41, 5.74) is 1.53. The van der Waals surface area contributed by atoms with Crippen LogP contribution in [0.5, 0.6) is 11.5 Å². The van der Waals surface area contributed by atoms with Crippen LogP contribution in [0.4, 0.5) is 0 Å². The zero-order valence-corrected chi connectivity index (χ0v) is 19.7. The number of esters is 1. The first-order valence-corrected chi connectivity index (χ1v) is 11.4. The summed E-state index contributed by atoms with van der Waals surface area (Å²) in [6.07, 6.45) is 4.41. The molecule has 1 N–H and O–H groups in total. The van der Waals surface area contributed by atoms with Crippen LogP contribution >= 0.6 is 0 Å². The van der Waals surface area contributed by atoms with Crippen molar-refractivity contribution >= 4 is 22.6 Å². The van der Waals surface area contributed by atoms with E-state index in [-0.39, 0.29) is 18.5 Å². The third kappa shape index (κ3) is 7.37. The van der Waals surface area contributed by atoms with Crippen molar-refractivity contribution in [3.05, 3.63) is 83.9 Å². The number of rotatable bonds is 12. The summed E-state index contributed by atoms with van der Waals surface area (Å²) in [6, 6.07) is 21.4. The van der Waals surface area contributed by atoms with Crippen molar-refractivity contribution in [3.8, 4) is 11.5 Å². The number of carbonyl (C=O) groups excluding carboxylic acids is 2. The summed E-state index contributed by atoms with van der Waals surface area (Å²) in [5.74, 6) is 1.11. The largest absolute Gasteiger partial charge is 0.497 e. The molecular formula is C28H31NO5. The molecule has 0 radical (unpaired) electrons. The Bertz CT molecular complexity index is 1120. The highest BCUT2D eigenvalue weighted by Crippen LogP contribution is 2.25. The van der Waals surface area contributed by atoms with Crippen LogP contribution in [0.15, 0.2) is 78.4 Å². The lowest BCUT2D eigenvalue weighted by molar-refractivity contribution is -0.140. The van der Waals surface area contributed by atoms with Gasteiger partial charge < -0.3 is 19.5 Å². The van der Waals surface area contributed by atoms with Crippen molar-refractivity contribution in [2.75, 3.05) is 20.8 Å². The van der Waals surface area contributed by atoms with Gasteiger partial charge in [0.2, 0.25) is 0 Å². The van der Waals surface area contributed by atoms with Gasteiger partial charge in [-0.25, -0.2) is 0 Å². The Balaban J connectivity index is 1.65. The van der Waals surface area contributed by atoms with E-state index in [2.05, 4.69) is 10.1 Å². The molecule has 0 heterocycles. The number of benzene rings is 3. The fourth-order valence-corrected chi connectivity index (χ4v) is 3.53. The highest BCUT2D eigenvalue weighted by atomic mass is 16.5. The molecule has 3 aromatic carbocycles. The summed E-state index contributed by atoms with van der Waals surface area (Å²) in [4.78, 5) is 24.3. The highest BCUT2D eigenvalue weighted by molar-refractivity contribution is 5.94. The summed E-state index contributed by atoms with van der Waals surface area (Å²) < 4.78 is 15.9. The monoisotopic (exact) mass is 461 g/mol. The predicted octanol–water partition coefficient (Wildman–Crippen LogP) is 5.20. The van der Waals surface area contributed by atoms with Crippen LogP contribution in [0.25, 0.3) is 10.8 Å². The molecule has 0 aliphatic carbocycles. The van der Waals surface area contributed by atoms with E-state index in [1.807, 2.05) is 72.8 Å². The number of ether oxygens (including phenoxy) is 3. The van der Waals surface area contributed by atoms with E-state index in [9.17, 15) is 9.59 Å². The van der Waals surface area contributed by atoms with Gasteiger partial charge in [0.05, 0.1) is 19.8 Å². The van der Waals surface area contributed by atoms with Gasteiger partial charge in [-0.3, -0.25) is 9.59 Å². The molecule has 0 bridgehead atoms. The number of carbonyl (C=O) groups is 2. The highest BCUT2D eigenvalue weighted by Gasteiger charge is 2.12. The Morgan fingerprint density at radius 3 is 2.44 bits per heavy atom. The molecule has 0 atom stereocenters. The van der Waals surface area contributed by atoms with Crippen molar-refractivity contribution in [1.82, 2.24) is 5.32 Å². The molecule has 6 nitrogen and oxygen atoms in total. The summed E-state index contributed by atoms with van der Waals surface area (Å²) in [5, 5.41) is 5.06. The average molecular weight is 462 g/mol. The van der Waals surface area contributed by atoms with E-state index in [4.69, 9.17) is 9.47 Å². The molecule has 0 saturated carbocycles. The number of hydrogen-bond acceptors (Lipinski definition) is 5. The van der Waals surface area contributed by atoms with Gasteiger partial charge in [0.1, 0.15) is 18.1 Å². The second kappa shape index (κ2) is 13.0. The molecule has 0 aromatic heterocycles. The van der Waals surface area contributed by atoms with E-state index in [0.717, 1.165) is 34.3 Å². The SMILES string of the molecule is COC(=O)CCCCC=C(COc1cccc2ccccc12)C(=O)NCc1ccc(OC)cc1. The van der Waals surface area contributed by atoms with E-state index in [1.54, 1.807) is 7.11 Å². The molecule has 0 aliphatic rings. The van der Waals surface area contributed by atoms with Crippen molar-refractivity contribution in [1.29, 1.82) is 0 Å². The fourth-order valence-electron chi connectivity index (χ4n) is 3.53.